The van der Waals surface area contributed by atoms with E-state index in [1.807, 2.05) is 4.57 Å². The summed E-state index contributed by atoms with van der Waals surface area (Å²) >= 11 is 7.80. The Morgan fingerprint density at radius 1 is 1.31 bits per heavy atom. The molecule has 16 heavy (non-hydrogen) atoms. The number of aromatic nitrogens is 3. The van der Waals surface area contributed by atoms with Crippen LogP contribution in [0.1, 0.15) is 30.1 Å². The van der Waals surface area contributed by atoms with Gasteiger partial charge < -0.3 is 0 Å². The Hall–Kier alpha value is -0.870. The second kappa shape index (κ2) is 4.97. The Balaban J connectivity index is 2.29. The Kier molecular flexibility index (Phi) is 3.61. The van der Waals surface area contributed by atoms with E-state index in [4.69, 9.17) is 11.6 Å². The van der Waals surface area contributed by atoms with Gasteiger partial charge in [-0.2, -0.15) is 0 Å². The largest absolute Gasteiger partial charge is 0.296 e. The van der Waals surface area contributed by atoms with Crippen molar-refractivity contribution >= 4 is 22.9 Å². The molecule has 5 heteroatoms. The second-order valence-electron chi connectivity index (χ2n) is 3.55. The van der Waals surface area contributed by atoms with E-state index < -0.39 is 0 Å². The summed E-state index contributed by atoms with van der Waals surface area (Å²) < 4.78 is 1.98. The molecule has 0 amide bonds. The Morgan fingerprint density at radius 3 is 2.81 bits per heavy atom. The standard InChI is InChI=1S/C11H14ClN3S/c1-3-8-5-6-16-9(8)7-15-10(4-2)13-14-11(15)12/h5-6H,3-4,7H2,1-2H3. The number of rotatable bonds is 4. The van der Waals surface area contributed by atoms with E-state index in [0.717, 1.165) is 25.2 Å². The van der Waals surface area contributed by atoms with Crippen molar-refractivity contribution in [1.82, 2.24) is 14.8 Å². The molecule has 0 N–H and O–H groups in total. The van der Waals surface area contributed by atoms with Gasteiger partial charge in [-0.3, -0.25) is 4.57 Å². The lowest BCUT2D eigenvalue weighted by molar-refractivity contribution is 0.736. The van der Waals surface area contributed by atoms with Crippen LogP contribution in [0.4, 0.5) is 0 Å². The summed E-state index contributed by atoms with van der Waals surface area (Å²) in [6.07, 6.45) is 1.91. The van der Waals surface area contributed by atoms with Crippen molar-refractivity contribution in [3.05, 3.63) is 33.0 Å². The van der Waals surface area contributed by atoms with E-state index in [-0.39, 0.29) is 0 Å². The zero-order valence-electron chi connectivity index (χ0n) is 9.40. The van der Waals surface area contributed by atoms with Crippen LogP contribution in [-0.2, 0) is 19.4 Å². The lowest BCUT2D eigenvalue weighted by Crippen LogP contribution is -2.04. The van der Waals surface area contributed by atoms with Gasteiger partial charge in [-0.25, -0.2) is 0 Å². The van der Waals surface area contributed by atoms with Crippen molar-refractivity contribution in [3.63, 3.8) is 0 Å². The molecule has 0 bridgehead atoms. The summed E-state index contributed by atoms with van der Waals surface area (Å²) in [5.41, 5.74) is 1.39. The number of hydrogen-bond acceptors (Lipinski definition) is 3. The Morgan fingerprint density at radius 2 is 2.12 bits per heavy atom. The normalized spacial score (nSPS) is 10.9. The third-order valence-corrected chi connectivity index (χ3v) is 3.85. The van der Waals surface area contributed by atoms with Gasteiger partial charge >= 0.3 is 0 Å². The van der Waals surface area contributed by atoms with Gasteiger partial charge in [0.1, 0.15) is 5.82 Å². The molecule has 0 radical (unpaired) electrons. The molecule has 0 unspecified atom stereocenters. The van der Waals surface area contributed by atoms with E-state index in [1.165, 1.54) is 10.4 Å². The molecule has 0 spiro atoms. The smallest absolute Gasteiger partial charge is 0.225 e. The molecule has 0 fully saturated rings. The van der Waals surface area contributed by atoms with Crippen LogP contribution in [-0.4, -0.2) is 14.8 Å². The first-order valence-corrected chi connectivity index (χ1v) is 6.64. The number of aryl methyl sites for hydroxylation is 2. The predicted octanol–water partition coefficient (Wildman–Crippen LogP) is 3.17. The molecule has 2 rings (SSSR count). The van der Waals surface area contributed by atoms with Crippen LogP contribution in [0.15, 0.2) is 11.4 Å². The summed E-state index contributed by atoms with van der Waals surface area (Å²) in [6, 6.07) is 2.17. The molecule has 86 valence electrons. The van der Waals surface area contributed by atoms with Gasteiger partial charge in [-0.15, -0.1) is 21.5 Å². The van der Waals surface area contributed by atoms with Crippen LogP contribution < -0.4 is 0 Å². The molecular formula is C11H14ClN3S. The summed E-state index contributed by atoms with van der Waals surface area (Å²) in [4.78, 5) is 1.35. The van der Waals surface area contributed by atoms with Crippen LogP contribution in [0.5, 0.6) is 0 Å². The van der Waals surface area contributed by atoms with Crippen molar-refractivity contribution in [1.29, 1.82) is 0 Å². The molecule has 2 aromatic rings. The van der Waals surface area contributed by atoms with Gasteiger partial charge in [-0.05, 0) is 35.0 Å². The van der Waals surface area contributed by atoms with Crippen LogP contribution in [0, 0.1) is 0 Å². The van der Waals surface area contributed by atoms with Gasteiger partial charge in [0.05, 0.1) is 6.54 Å². The maximum absolute atomic E-state index is 6.03. The topological polar surface area (TPSA) is 30.7 Å². The fourth-order valence-electron chi connectivity index (χ4n) is 1.70. The lowest BCUT2D eigenvalue weighted by atomic mass is 10.2. The van der Waals surface area contributed by atoms with Crippen molar-refractivity contribution in [2.45, 2.75) is 33.2 Å². The minimum absolute atomic E-state index is 0.479. The fourth-order valence-corrected chi connectivity index (χ4v) is 2.85. The molecule has 0 saturated heterocycles. The van der Waals surface area contributed by atoms with Crippen LogP contribution in [0.2, 0.25) is 5.28 Å². The van der Waals surface area contributed by atoms with Crippen molar-refractivity contribution in [2.24, 2.45) is 0 Å². The zero-order valence-corrected chi connectivity index (χ0v) is 11.0. The van der Waals surface area contributed by atoms with Gasteiger partial charge in [0.2, 0.25) is 5.28 Å². The van der Waals surface area contributed by atoms with E-state index in [1.54, 1.807) is 11.3 Å². The Bertz CT molecular complexity index is 475. The van der Waals surface area contributed by atoms with Gasteiger partial charge in [0, 0.05) is 11.3 Å². The third-order valence-electron chi connectivity index (χ3n) is 2.62. The first-order valence-electron chi connectivity index (χ1n) is 5.39. The molecule has 0 saturated carbocycles. The molecule has 2 heterocycles. The Labute approximate surface area is 104 Å². The van der Waals surface area contributed by atoms with E-state index >= 15 is 0 Å². The van der Waals surface area contributed by atoms with Crippen LogP contribution >= 0.6 is 22.9 Å². The van der Waals surface area contributed by atoms with Crippen molar-refractivity contribution in [3.8, 4) is 0 Å². The minimum Gasteiger partial charge on any atom is -0.296 e. The summed E-state index contributed by atoms with van der Waals surface area (Å²) in [5.74, 6) is 0.945. The van der Waals surface area contributed by atoms with Crippen molar-refractivity contribution in [2.75, 3.05) is 0 Å². The van der Waals surface area contributed by atoms with Crippen LogP contribution in [0.3, 0.4) is 0 Å². The first-order chi connectivity index (χ1) is 7.76. The van der Waals surface area contributed by atoms with E-state index in [9.17, 15) is 0 Å². The van der Waals surface area contributed by atoms with Crippen molar-refractivity contribution < 1.29 is 0 Å². The maximum Gasteiger partial charge on any atom is 0.225 e. The van der Waals surface area contributed by atoms with Crippen LogP contribution in [0.25, 0.3) is 0 Å². The van der Waals surface area contributed by atoms with Gasteiger partial charge in [0.15, 0.2) is 0 Å². The fraction of sp³-hybridized carbons (Fsp3) is 0.455. The summed E-state index contributed by atoms with van der Waals surface area (Å²) in [5, 5.41) is 10.6. The molecule has 0 aliphatic carbocycles. The quantitative estimate of drug-likeness (QED) is 0.840. The highest BCUT2D eigenvalue weighted by Crippen LogP contribution is 2.21. The summed E-state index contributed by atoms with van der Waals surface area (Å²) in [7, 11) is 0. The highest BCUT2D eigenvalue weighted by Gasteiger charge is 2.11. The first kappa shape index (κ1) is 11.6. The molecule has 2 aromatic heterocycles. The zero-order chi connectivity index (χ0) is 11.5. The highest BCUT2D eigenvalue weighted by molar-refractivity contribution is 7.10. The van der Waals surface area contributed by atoms with Gasteiger partial charge in [0.25, 0.3) is 0 Å². The average molecular weight is 256 g/mol. The SMILES string of the molecule is CCc1ccsc1Cn1c(Cl)nnc1CC. The third kappa shape index (κ3) is 2.13. The number of halogens is 1. The molecule has 3 nitrogen and oxygen atoms in total. The lowest BCUT2D eigenvalue weighted by Gasteiger charge is -2.06. The predicted molar refractivity (Wildman–Crippen MR) is 67.2 cm³/mol. The minimum atomic E-state index is 0.479. The van der Waals surface area contributed by atoms with E-state index in [0.29, 0.717) is 5.28 Å². The molecule has 0 aromatic carbocycles. The average Bonchev–Trinajstić information content (AvgIpc) is 2.87. The second-order valence-corrected chi connectivity index (χ2v) is 4.89. The van der Waals surface area contributed by atoms with Gasteiger partial charge in [-0.1, -0.05) is 13.8 Å². The molecular weight excluding hydrogens is 242 g/mol. The molecule has 0 aliphatic rings. The molecule has 0 atom stereocenters. The van der Waals surface area contributed by atoms with E-state index in [2.05, 4.69) is 35.5 Å². The number of hydrogen-bond donors (Lipinski definition) is 0. The monoisotopic (exact) mass is 255 g/mol. The number of nitrogens with zero attached hydrogens (tertiary/aromatic N) is 3. The highest BCUT2D eigenvalue weighted by atomic mass is 35.5. The number of thiophene rings is 1. The molecule has 0 aliphatic heterocycles. The summed E-state index contributed by atoms with van der Waals surface area (Å²) in [6.45, 7) is 5.02. The maximum atomic E-state index is 6.03.